The van der Waals surface area contributed by atoms with E-state index in [0.717, 1.165) is 12.5 Å². The molecule has 3 atom stereocenters. The van der Waals surface area contributed by atoms with E-state index in [4.69, 9.17) is 0 Å². The van der Waals surface area contributed by atoms with Crippen LogP contribution in [0.5, 0.6) is 0 Å². The van der Waals surface area contributed by atoms with Crippen molar-refractivity contribution in [3.63, 3.8) is 0 Å². The van der Waals surface area contributed by atoms with Gasteiger partial charge >= 0.3 is 0 Å². The summed E-state index contributed by atoms with van der Waals surface area (Å²) >= 11 is 0. The average Bonchev–Trinajstić information content (AvgIpc) is 2.41. The molecule has 0 aromatic carbocycles. The first kappa shape index (κ1) is 16.3. The second-order valence-corrected chi connectivity index (χ2v) is 7.55. The van der Waals surface area contributed by atoms with Crippen LogP contribution >= 0.6 is 0 Å². The van der Waals surface area contributed by atoms with E-state index in [9.17, 15) is 0 Å². The molecule has 3 nitrogen and oxygen atoms in total. The Labute approximate surface area is 126 Å². The SMILES string of the molecule is CCNCC1(CN2CCN(C)C(C)C2)CCCC(C)C1. The third-order valence-electron chi connectivity index (χ3n) is 5.54. The fourth-order valence-corrected chi connectivity index (χ4v) is 4.26. The third-order valence-corrected chi connectivity index (χ3v) is 5.54. The lowest BCUT2D eigenvalue weighted by molar-refractivity contribution is 0.0366. The van der Waals surface area contributed by atoms with Crippen LogP contribution < -0.4 is 5.32 Å². The Morgan fingerprint density at radius 2 is 2.05 bits per heavy atom. The molecule has 1 saturated heterocycles. The zero-order valence-electron chi connectivity index (χ0n) is 14.1. The zero-order valence-corrected chi connectivity index (χ0v) is 14.1. The summed E-state index contributed by atoms with van der Waals surface area (Å²) in [7, 11) is 2.26. The molecule has 2 fully saturated rings. The predicted molar refractivity (Wildman–Crippen MR) is 87.1 cm³/mol. The molecular weight excluding hydrogens is 246 g/mol. The second kappa shape index (κ2) is 7.24. The van der Waals surface area contributed by atoms with E-state index in [1.807, 2.05) is 0 Å². The first-order valence-electron chi connectivity index (χ1n) is 8.68. The number of nitrogens with zero attached hydrogens (tertiary/aromatic N) is 2. The molecular formula is C17H35N3. The lowest BCUT2D eigenvalue weighted by Crippen LogP contribution is -2.55. The number of hydrogen-bond donors (Lipinski definition) is 1. The standard InChI is InChI=1S/C17H35N3/c1-5-18-13-17(8-6-7-15(2)11-17)14-20-10-9-19(4)16(3)12-20/h15-16,18H,5-14H2,1-4H3. The summed E-state index contributed by atoms with van der Waals surface area (Å²) in [6, 6.07) is 0.709. The lowest BCUT2D eigenvalue weighted by Gasteiger charge is -2.46. The van der Waals surface area contributed by atoms with Crippen molar-refractivity contribution in [2.75, 3.05) is 46.3 Å². The van der Waals surface area contributed by atoms with Gasteiger partial charge in [-0.25, -0.2) is 0 Å². The Balaban J connectivity index is 1.96. The normalized spacial score (nSPS) is 37.2. The molecule has 3 heteroatoms. The van der Waals surface area contributed by atoms with Gasteiger partial charge in [0.2, 0.25) is 0 Å². The zero-order chi connectivity index (χ0) is 14.6. The van der Waals surface area contributed by atoms with Crippen LogP contribution in [0.1, 0.15) is 46.5 Å². The Kier molecular flexibility index (Phi) is 5.88. The van der Waals surface area contributed by atoms with Crippen LogP contribution in [0.25, 0.3) is 0 Å². The fraction of sp³-hybridized carbons (Fsp3) is 1.00. The molecule has 3 unspecified atom stereocenters. The van der Waals surface area contributed by atoms with Crippen LogP contribution in [-0.2, 0) is 0 Å². The van der Waals surface area contributed by atoms with Crippen molar-refractivity contribution in [1.29, 1.82) is 0 Å². The predicted octanol–water partition coefficient (Wildman–Crippen LogP) is 2.43. The fourth-order valence-electron chi connectivity index (χ4n) is 4.26. The summed E-state index contributed by atoms with van der Waals surface area (Å²) in [5.41, 5.74) is 0.531. The quantitative estimate of drug-likeness (QED) is 0.835. The van der Waals surface area contributed by atoms with Crippen molar-refractivity contribution >= 4 is 0 Å². The van der Waals surface area contributed by atoms with Crippen LogP contribution in [0.4, 0.5) is 0 Å². The molecule has 0 spiro atoms. The van der Waals surface area contributed by atoms with Crippen molar-refractivity contribution in [3.05, 3.63) is 0 Å². The summed E-state index contributed by atoms with van der Waals surface area (Å²) in [5, 5.41) is 3.65. The van der Waals surface area contributed by atoms with Gasteiger partial charge in [0.15, 0.2) is 0 Å². The Hall–Kier alpha value is -0.120. The number of hydrogen-bond acceptors (Lipinski definition) is 3. The van der Waals surface area contributed by atoms with Gasteiger partial charge in [0.1, 0.15) is 0 Å². The van der Waals surface area contributed by atoms with Gasteiger partial charge in [-0.1, -0.05) is 26.7 Å². The van der Waals surface area contributed by atoms with E-state index in [1.165, 1.54) is 58.4 Å². The summed E-state index contributed by atoms with van der Waals surface area (Å²) in [6.45, 7) is 14.4. The van der Waals surface area contributed by atoms with Crippen LogP contribution in [0.15, 0.2) is 0 Å². The Morgan fingerprint density at radius 3 is 2.70 bits per heavy atom. The molecule has 1 heterocycles. The Bertz CT molecular complexity index is 294. The highest BCUT2D eigenvalue weighted by molar-refractivity contribution is 4.91. The van der Waals surface area contributed by atoms with Gasteiger partial charge in [0.05, 0.1) is 0 Å². The van der Waals surface area contributed by atoms with Crippen LogP contribution in [0.3, 0.4) is 0 Å². The van der Waals surface area contributed by atoms with Gasteiger partial charge in [0, 0.05) is 38.8 Å². The van der Waals surface area contributed by atoms with E-state index in [1.54, 1.807) is 0 Å². The summed E-state index contributed by atoms with van der Waals surface area (Å²) < 4.78 is 0. The average molecular weight is 281 g/mol. The molecule has 2 aliphatic rings. The van der Waals surface area contributed by atoms with Crippen LogP contribution in [0, 0.1) is 11.3 Å². The molecule has 1 N–H and O–H groups in total. The van der Waals surface area contributed by atoms with E-state index >= 15 is 0 Å². The highest BCUT2D eigenvalue weighted by Gasteiger charge is 2.37. The van der Waals surface area contributed by atoms with Gasteiger partial charge in [-0.2, -0.15) is 0 Å². The largest absolute Gasteiger partial charge is 0.316 e. The van der Waals surface area contributed by atoms with Crippen molar-refractivity contribution in [1.82, 2.24) is 15.1 Å². The van der Waals surface area contributed by atoms with E-state index in [2.05, 4.69) is 42.9 Å². The van der Waals surface area contributed by atoms with Crippen LogP contribution in [0.2, 0.25) is 0 Å². The summed E-state index contributed by atoms with van der Waals surface area (Å²) in [5.74, 6) is 0.910. The molecule has 1 aliphatic heterocycles. The van der Waals surface area contributed by atoms with Crippen LogP contribution in [-0.4, -0.2) is 62.2 Å². The number of rotatable bonds is 5. The maximum atomic E-state index is 3.65. The van der Waals surface area contributed by atoms with Crippen molar-refractivity contribution in [3.8, 4) is 0 Å². The lowest BCUT2D eigenvalue weighted by atomic mass is 9.69. The van der Waals surface area contributed by atoms with E-state index in [-0.39, 0.29) is 0 Å². The number of piperazine rings is 1. The molecule has 1 saturated carbocycles. The third kappa shape index (κ3) is 4.19. The molecule has 0 bridgehead atoms. The van der Waals surface area contributed by atoms with Gasteiger partial charge in [-0.05, 0) is 44.7 Å². The molecule has 2 rings (SSSR count). The molecule has 0 amide bonds. The van der Waals surface area contributed by atoms with Gasteiger partial charge in [-0.15, -0.1) is 0 Å². The van der Waals surface area contributed by atoms with E-state index in [0.29, 0.717) is 11.5 Å². The maximum absolute atomic E-state index is 3.65. The summed E-state index contributed by atoms with van der Waals surface area (Å²) in [6.07, 6.45) is 5.70. The van der Waals surface area contributed by atoms with Crippen molar-refractivity contribution < 1.29 is 0 Å². The van der Waals surface area contributed by atoms with E-state index < -0.39 is 0 Å². The van der Waals surface area contributed by atoms with Crippen molar-refractivity contribution in [2.45, 2.75) is 52.5 Å². The van der Waals surface area contributed by atoms with Crippen molar-refractivity contribution in [2.24, 2.45) is 11.3 Å². The Morgan fingerprint density at radius 1 is 1.25 bits per heavy atom. The minimum absolute atomic E-state index is 0.531. The highest BCUT2D eigenvalue weighted by atomic mass is 15.3. The molecule has 1 aliphatic carbocycles. The minimum atomic E-state index is 0.531. The summed E-state index contributed by atoms with van der Waals surface area (Å²) in [4.78, 5) is 5.23. The topological polar surface area (TPSA) is 18.5 Å². The highest BCUT2D eigenvalue weighted by Crippen LogP contribution is 2.39. The molecule has 0 radical (unpaired) electrons. The smallest absolute Gasteiger partial charge is 0.0192 e. The number of nitrogens with one attached hydrogen (secondary N) is 1. The first-order chi connectivity index (χ1) is 9.54. The second-order valence-electron chi connectivity index (χ2n) is 7.55. The molecule has 0 aromatic heterocycles. The van der Waals surface area contributed by atoms with Gasteiger partial charge in [-0.3, -0.25) is 4.90 Å². The molecule has 0 aromatic rings. The maximum Gasteiger partial charge on any atom is 0.0192 e. The van der Waals surface area contributed by atoms with Gasteiger partial charge < -0.3 is 10.2 Å². The molecule has 118 valence electrons. The minimum Gasteiger partial charge on any atom is -0.316 e. The monoisotopic (exact) mass is 281 g/mol. The first-order valence-corrected chi connectivity index (χ1v) is 8.68. The number of likely N-dealkylation sites (N-methyl/N-ethyl adjacent to an activating group) is 1. The molecule has 20 heavy (non-hydrogen) atoms. The van der Waals surface area contributed by atoms with Gasteiger partial charge in [0.25, 0.3) is 0 Å².